The van der Waals surface area contributed by atoms with Gasteiger partial charge in [-0.05, 0) is 24.6 Å². The Hall–Kier alpha value is -1.70. The second-order valence-electron chi connectivity index (χ2n) is 5.20. The summed E-state index contributed by atoms with van der Waals surface area (Å²) in [5, 5.41) is 0. The van der Waals surface area contributed by atoms with Gasteiger partial charge in [0.25, 0.3) is 0 Å². The predicted octanol–water partition coefficient (Wildman–Crippen LogP) is 2.14. The lowest BCUT2D eigenvalue weighted by molar-refractivity contribution is 0.565. The van der Waals surface area contributed by atoms with Crippen LogP contribution in [0, 0.1) is 0 Å². The minimum atomic E-state index is -3.70. The van der Waals surface area contributed by atoms with Crippen molar-refractivity contribution >= 4 is 19.9 Å². The molecule has 0 aliphatic heterocycles. The van der Waals surface area contributed by atoms with E-state index < -0.39 is 37.4 Å². The molecule has 0 amide bonds. The van der Waals surface area contributed by atoms with Gasteiger partial charge in [0.05, 0.1) is 16.4 Å². The van der Waals surface area contributed by atoms with Crippen LogP contribution in [-0.2, 0) is 19.9 Å². The summed E-state index contributed by atoms with van der Waals surface area (Å²) < 4.78 is 51.0. The number of rotatable bonds is 7. The first-order valence-electron chi connectivity index (χ1n) is 7.13. The number of nitrogens with one attached hydrogen (secondary N) is 1. The maximum absolute atomic E-state index is 12.1. The summed E-state index contributed by atoms with van der Waals surface area (Å²) >= 11 is 0. The molecule has 5 nitrogen and oxygen atoms in total. The lowest BCUT2D eigenvalue weighted by atomic mass is 10.1. The fraction of sp³-hybridized carbons (Fsp3) is 0.250. The van der Waals surface area contributed by atoms with Gasteiger partial charge >= 0.3 is 0 Å². The molecule has 124 valence electrons. The lowest BCUT2D eigenvalue weighted by Crippen LogP contribution is -2.31. The first-order chi connectivity index (χ1) is 10.8. The van der Waals surface area contributed by atoms with E-state index in [4.69, 9.17) is 0 Å². The molecule has 23 heavy (non-hydrogen) atoms. The number of sulfonamides is 1. The highest BCUT2D eigenvalue weighted by Gasteiger charge is 2.21. The van der Waals surface area contributed by atoms with Gasteiger partial charge in [0.15, 0.2) is 9.84 Å². The van der Waals surface area contributed by atoms with Gasteiger partial charge in [0, 0.05) is 6.04 Å². The third-order valence-corrected chi connectivity index (χ3v) is 6.82. The van der Waals surface area contributed by atoms with Crippen molar-refractivity contribution in [1.82, 2.24) is 4.72 Å². The van der Waals surface area contributed by atoms with E-state index in [0.717, 1.165) is 5.56 Å². The van der Waals surface area contributed by atoms with Gasteiger partial charge in [0.1, 0.15) is 0 Å². The molecule has 1 N–H and O–H groups in total. The zero-order chi connectivity index (χ0) is 16.9. The highest BCUT2D eigenvalue weighted by molar-refractivity contribution is 7.94. The first-order valence-corrected chi connectivity index (χ1v) is 10.4. The largest absolute Gasteiger partial charge is 0.224 e. The van der Waals surface area contributed by atoms with Crippen molar-refractivity contribution in [1.29, 1.82) is 0 Å². The molecule has 0 saturated carbocycles. The quantitative estimate of drug-likeness (QED) is 0.827. The van der Waals surface area contributed by atoms with Gasteiger partial charge in [-0.15, -0.1) is 0 Å². The molecule has 0 heterocycles. The van der Waals surface area contributed by atoms with Crippen molar-refractivity contribution < 1.29 is 16.8 Å². The van der Waals surface area contributed by atoms with Crippen LogP contribution >= 0.6 is 0 Å². The van der Waals surface area contributed by atoms with Crippen LogP contribution in [0.25, 0.3) is 0 Å². The number of sulfone groups is 1. The fourth-order valence-electron chi connectivity index (χ4n) is 2.10. The van der Waals surface area contributed by atoms with Crippen molar-refractivity contribution in [3.63, 3.8) is 0 Å². The molecule has 0 saturated heterocycles. The summed E-state index contributed by atoms with van der Waals surface area (Å²) in [6.45, 7) is 1.72. The van der Waals surface area contributed by atoms with Gasteiger partial charge in [-0.25, -0.2) is 21.6 Å². The highest BCUT2D eigenvalue weighted by atomic mass is 32.2. The Morgan fingerprint density at radius 3 is 1.91 bits per heavy atom. The Balaban J connectivity index is 2.02. The van der Waals surface area contributed by atoms with Crippen molar-refractivity contribution in [2.24, 2.45) is 0 Å². The molecule has 7 heteroatoms. The van der Waals surface area contributed by atoms with Crippen LogP contribution in [-0.4, -0.2) is 28.3 Å². The van der Waals surface area contributed by atoms with Crippen molar-refractivity contribution in [3.8, 4) is 0 Å². The molecule has 0 aliphatic rings. The Morgan fingerprint density at radius 1 is 0.826 bits per heavy atom. The van der Waals surface area contributed by atoms with E-state index >= 15 is 0 Å². The minimum Gasteiger partial charge on any atom is -0.224 e. The number of hydrogen-bond acceptors (Lipinski definition) is 4. The maximum atomic E-state index is 12.1. The predicted molar refractivity (Wildman–Crippen MR) is 90.3 cm³/mol. The molecule has 0 aromatic heterocycles. The Kier molecular flexibility index (Phi) is 5.56. The standard InChI is InChI=1S/C16H19NO4S2/c1-14(15-8-4-2-5-9-15)17-23(20,21)13-12-22(18,19)16-10-6-3-7-11-16/h2-11,14,17H,12-13H2,1H3. The third kappa shape index (κ3) is 5.16. The normalized spacial score (nSPS) is 13.6. The monoisotopic (exact) mass is 353 g/mol. The summed E-state index contributed by atoms with van der Waals surface area (Å²) in [5.74, 6) is -0.921. The molecule has 0 bridgehead atoms. The number of benzene rings is 2. The van der Waals surface area contributed by atoms with E-state index in [9.17, 15) is 16.8 Å². The zero-order valence-corrected chi connectivity index (χ0v) is 14.3. The molecule has 0 spiro atoms. The van der Waals surface area contributed by atoms with Gasteiger partial charge < -0.3 is 0 Å². The van der Waals surface area contributed by atoms with E-state index in [0.29, 0.717) is 0 Å². The van der Waals surface area contributed by atoms with Crippen molar-refractivity contribution in [3.05, 3.63) is 66.2 Å². The van der Waals surface area contributed by atoms with Crippen molar-refractivity contribution in [2.45, 2.75) is 17.9 Å². The number of hydrogen-bond donors (Lipinski definition) is 1. The van der Waals surface area contributed by atoms with Gasteiger partial charge in [-0.3, -0.25) is 0 Å². The molecular formula is C16H19NO4S2. The summed E-state index contributed by atoms with van der Waals surface area (Å²) in [6, 6.07) is 16.5. The third-order valence-electron chi connectivity index (χ3n) is 3.38. The Labute approximate surface area is 137 Å². The average molecular weight is 353 g/mol. The van der Waals surface area contributed by atoms with Crippen LogP contribution in [0.1, 0.15) is 18.5 Å². The average Bonchev–Trinajstić information content (AvgIpc) is 2.54. The van der Waals surface area contributed by atoms with Crippen LogP contribution < -0.4 is 4.72 Å². The van der Waals surface area contributed by atoms with E-state index in [1.165, 1.54) is 12.1 Å². The van der Waals surface area contributed by atoms with Crippen LogP contribution in [0.2, 0.25) is 0 Å². The molecule has 0 aliphatic carbocycles. The lowest BCUT2D eigenvalue weighted by Gasteiger charge is -2.14. The van der Waals surface area contributed by atoms with Gasteiger partial charge in [0.2, 0.25) is 10.0 Å². The molecule has 0 radical (unpaired) electrons. The van der Waals surface area contributed by atoms with Crippen LogP contribution in [0.3, 0.4) is 0 Å². The maximum Gasteiger partial charge on any atom is 0.213 e. The van der Waals surface area contributed by atoms with E-state index in [1.807, 2.05) is 30.3 Å². The van der Waals surface area contributed by atoms with Crippen LogP contribution in [0.15, 0.2) is 65.6 Å². The smallest absolute Gasteiger partial charge is 0.213 e. The molecule has 2 rings (SSSR count). The molecule has 1 unspecified atom stereocenters. The van der Waals surface area contributed by atoms with Crippen molar-refractivity contribution in [2.75, 3.05) is 11.5 Å². The van der Waals surface area contributed by atoms with Crippen LogP contribution in [0.5, 0.6) is 0 Å². The summed E-state index contributed by atoms with van der Waals surface area (Å²) in [7, 11) is -7.31. The van der Waals surface area contributed by atoms with E-state index in [-0.39, 0.29) is 4.90 Å². The molecule has 1 atom stereocenters. The Morgan fingerprint density at radius 2 is 1.35 bits per heavy atom. The second-order valence-corrected chi connectivity index (χ2v) is 9.18. The summed E-state index contributed by atoms with van der Waals surface area (Å²) in [4.78, 5) is 0.131. The van der Waals surface area contributed by atoms with Crippen LogP contribution in [0.4, 0.5) is 0 Å². The highest BCUT2D eigenvalue weighted by Crippen LogP contribution is 2.14. The molecule has 2 aromatic carbocycles. The SMILES string of the molecule is CC(NS(=O)(=O)CCS(=O)(=O)c1ccccc1)c1ccccc1. The summed E-state index contributed by atoms with van der Waals surface area (Å²) in [6.07, 6.45) is 0. The minimum absolute atomic E-state index is 0.131. The zero-order valence-electron chi connectivity index (χ0n) is 12.7. The van der Waals surface area contributed by atoms with Gasteiger partial charge in [-0.2, -0.15) is 0 Å². The van der Waals surface area contributed by atoms with E-state index in [1.54, 1.807) is 25.1 Å². The summed E-state index contributed by atoms with van der Waals surface area (Å²) in [5.41, 5.74) is 0.821. The topological polar surface area (TPSA) is 80.3 Å². The molecular weight excluding hydrogens is 334 g/mol. The second kappa shape index (κ2) is 7.25. The van der Waals surface area contributed by atoms with Gasteiger partial charge in [-0.1, -0.05) is 48.5 Å². The Bertz CT molecular complexity index is 832. The molecule has 0 fully saturated rings. The first kappa shape index (κ1) is 17.7. The fourth-order valence-corrected chi connectivity index (χ4v) is 5.46. The van der Waals surface area contributed by atoms with E-state index in [2.05, 4.69) is 4.72 Å². The molecule has 2 aromatic rings.